The van der Waals surface area contributed by atoms with Crippen molar-refractivity contribution in [3.05, 3.63) is 54.2 Å². The number of para-hydroxylation sites is 1. The van der Waals surface area contributed by atoms with Gasteiger partial charge in [0.05, 0.1) is 11.3 Å². The Hall–Kier alpha value is -3.59. The van der Waals surface area contributed by atoms with Gasteiger partial charge < -0.3 is 15.0 Å². The number of aromatic amines is 1. The number of rotatable bonds is 3. The van der Waals surface area contributed by atoms with E-state index < -0.39 is 0 Å². The van der Waals surface area contributed by atoms with Crippen LogP contribution in [0.2, 0.25) is 0 Å². The lowest BCUT2D eigenvalue weighted by Crippen LogP contribution is -2.48. The van der Waals surface area contributed by atoms with Gasteiger partial charge in [-0.25, -0.2) is 0 Å². The van der Waals surface area contributed by atoms with Crippen LogP contribution in [0.3, 0.4) is 0 Å². The molecule has 1 aromatic carbocycles. The third-order valence-corrected chi connectivity index (χ3v) is 4.79. The molecule has 0 aliphatic carbocycles. The van der Waals surface area contributed by atoms with Crippen molar-refractivity contribution in [1.82, 2.24) is 20.1 Å². The highest BCUT2D eigenvalue weighted by Crippen LogP contribution is 2.34. The second-order valence-corrected chi connectivity index (χ2v) is 6.44. The number of hydrogen-bond acceptors (Lipinski definition) is 4. The van der Waals surface area contributed by atoms with Crippen LogP contribution >= 0.6 is 0 Å². The van der Waals surface area contributed by atoms with Crippen LogP contribution < -0.4 is 0 Å². The molecule has 3 heterocycles. The molecule has 0 bridgehead atoms. The molecule has 0 saturated carbocycles. The number of aromatic nitrogens is 3. The summed E-state index contributed by atoms with van der Waals surface area (Å²) in [6.45, 7) is 6.56. The van der Waals surface area contributed by atoms with E-state index in [1.807, 2.05) is 12.1 Å². The minimum absolute atomic E-state index is 0.0629. The van der Waals surface area contributed by atoms with Gasteiger partial charge in [-0.2, -0.15) is 0 Å². The molecule has 1 fully saturated rings. The Labute approximate surface area is 156 Å². The van der Waals surface area contributed by atoms with Gasteiger partial charge in [0.25, 0.3) is 0 Å². The summed E-state index contributed by atoms with van der Waals surface area (Å²) in [4.78, 5) is 16.8. The van der Waals surface area contributed by atoms with Gasteiger partial charge in [0.1, 0.15) is 5.75 Å². The van der Waals surface area contributed by atoms with Crippen molar-refractivity contribution in [2.24, 2.45) is 0 Å². The number of amides is 1. The van der Waals surface area contributed by atoms with Gasteiger partial charge in [-0.05, 0) is 31.2 Å². The quantitative estimate of drug-likeness (QED) is 0.557. The Kier molecular flexibility index (Phi) is 4.13. The molecule has 3 aromatic rings. The molecule has 1 aliphatic rings. The van der Waals surface area contributed by atoms with Crippen LogP contribution in [0.5, 0.6) is 5.75 Å². The zero-order chi connectivity index (χ0) is 19.0. The minimum Gasteiger partial charge on any atom is -0.507 e. The van der Waals surface area contributed by atoms with E-state index in [-0.39, 0.29) is 17.6 Å². The van der Waals surface area contributed by atoms with Crippen molar-refractivity contribution < 1.29 is 9.90 Å². The fraction of sp³-hybridized carbons (Fsp3) is 0.190. The van der Waals surface area contributed by atoms with Crippen LogP contribution in [0.15, 0.2) is 43.0 Å². The van der Waals surface area contributed by atoms with E-state index in [1.165, 1.54) is 6.08 Å². The second kappa shape index (κ2) is 6.61. The van der Waals surface area contributed by atoms with Crippen molar-refractivity contribution in [3.8, 4) is 28.8 Å². The smallest absolute Gasteiger partial charge is 0.245 e. The molecule has 2 aromatic heterocycles. The maximum absolute atomic E-state index is 11.7. The van der Waals surface area contributed by atoms with Crippen molar-refractivity contribution >= 4 is 16.9 Å². The lowest BCUT2D eigenvalue weighted by molar-refractivity contribution is -0.130. The number of phenols is 1. The summed E-state index contributed by atoms with van der Waals surface area (Å²) in [5.74, 6) is 6.39. The van der Waals surface area contributed by atoms with E-state index in [2.05, 4.69) is 33.6 Å². The van der Waals surface area contributed by atoms with Crippen LogP contribution in [0.4, 0.5) is 0 Å². The number of nitrogens with zero attached hydrogens (tertiary/aromatic N) is 3. The van der Waals surface area contributed by atoms with E-state index in [0.717, 1.165) is 16.6 Å². The number of benzene rings is 1. The topological polar surface area (TPSA) is 82.1 Å². The van der Waals surface area contributed by atoms with Gasteiger partial charge in [-0.15, -0.1) is 16.1 Å². The number of nitrogens with one attached hydrogen (secondary N) is 1. The molecule has 0 unspecified atom stereocenters. The normalized spacial score (nSPS) is 13.7. The minimum atomic E-state index is -0.0629. The number of hydrogen-bond donors (Lipinski definition) is 2. The third kappa shape index (κ3) is 2.83. The Morgan fingerprint density at radius 1 is 1.37 bits per heavy atom. The predicted molar refractivity (Wildman–Crippen MR) is 103 cm³/mol. The standard InChI is InChI=1S/C21H18N4O2/c1-3-7-14-16-10-17(15-8-5-6-9-18(15)26)23-24-21(16)22-20(14)13-11-25(12-13)19(27)4-2/h4-6,8-10,13,26H,2,11-12H2,1H3,(H,22,24). The zero-order valence-electron chi connectivity index (χ0n) is 14.9. The highest BCUT2D eigenvalue weighted by atomic mass is 16.3. The number of carbonyl (C=O) groups excluding carboxylic acids is 1. The van der Waals surface area contributed by atoms with Gasteiger partial charge in [0.15, 0.2) is 5.65 Å². The van der Waals surface area contributed by atoms with E-state index in [4.69, 9.17) is 0 Å². The molecule has 27 heavy (non-hydrogen) atoms. The first kappa shape index (κ1) is 16.9. The molecule has 0 atom stereocenters. The number of carbonyl (C=O) groups is 1. The fourth-order valence-electron chi connectivity index (χ4n) is 3.37. The van der Waals surface area contributed by atoms with Crippen molar-refractivity contribution in [2.75, 3.05) is 13.1 Å². The van der Waals surface area contributed by atoms with Gasteiger partial charge >= 0.3 is 0 Å². The van der Waals surface area contributed by atoms with Crippen molar-refractivity contribution in [2.45, 2.75) is 12.8 Å². The highest BCUT2D eigenvalue weighted by molar-refractivity contribution is 5.90. The number of H-pyrrole nitrogens is 1. The van der Waals surface area contributed by atoms with Crippen molar-refractivity contribution in [1.29, 1.82) is 0 Å². The fourth-order valence-corrected chi connectivity index (χ4v) is 3.37. The van der Waals surface area contributed by atoms with Gasteiger partial charge in [0.2, 0.25) is 5.91 Å². The van der Waals surface area contributed by atoms with E-state index in [1.54, 1.807) is 30.0 Å². The molecule has 6 heteroatoms. The molecule has 0 radical (unpaired) electrons. The van der Waals surface area contributed by atoms with Crippen LogP contribution in [0, 0.1) is 11.8 Å². The van der Waals surface area contributed by atoms with Crippen LogP contribution in [-0.2, 0) is 4.79 Å². The molecular formula is C21H18N4O2. The lowest BCUT2D eigenvalue weighted by Gasteiger charge is -2.38. The summed E-state index contributed by atoms with van der Waals surface area (Å²) in [5.41, 5.74) is 3.69. The van der Waals surface area contributed by atoms with E-state index in [0.29, 0.717) is 30.0 Å². The van der Waals surface area contributed by atoms with Gasteiger partial charge in [-0.3, -0.25) is 4.79 Å². The molecule has 1 saturated heterocycles. The monoisotopic (exact) mass is 358 g/mol. The maximum Gasteiger partial charge on any atom is 0.245 e. The lowest BCUT2D eigenvalue weighted by atomic mass is 9.93. The molecule has 2 N–H and O–H groups in total. The molecule has 6 nitrogen and oxygen atoms in total. The van der Waals surface area contributed by atoms with E-state index >= 15 is 0 Å². The Morgan fingerprint density at radius 3 is 2.85 bits per heavy atom. The molecule has 1 amide bonds. The molecule has 1 aliphatic heterocycles. The van der Waals surface area contributed by atoms with Crippen LogP contribution in [0.1, 0.15) is 24.1 Å². The first-order valence-electron chi connectivity index (χ1n) is 8.64. The first-order chi connectivity index (χ1) is 13.1. The van der Waals surface area contributed by atoms with Crippen molar-refractivity contribution in [3.63, 3.8) is 0 Å². The summed E-state index contributed by atoms with van der Waals surface area (Å²) >= 11 is 0. The Morgan fingerprint density at radius 2 is 2.15 bits per heavy atom. The summed E-state index contributed by atoms with van der Waals surface area (Å²) in [7, 11) is 0. The number of likely N-dealkylation sites (tertiary alicyclic amines) is 1. The highest BCUT2D eigenvalue weighted by Gasteiger charge is 2.33. The summed E-state index contributed by atoms with van der Waals surface area (Å²) in [5, 5.41) is 19.5. The largest absolute Gasteiger partial charge is 0.507 e. The number of aromatic hydroxyl groups is 1. The molecule has 4 rings (SSSR count). The maximum atomic E-state index is 11.7. The SMILES string of the molecule is C=CC(=O)N1CC(c2[nH]c3nnc(-c4ccccc4O)cc3c2C#CC)C1. The average Bonchev–Trinajstić information content (AvgIpc) is 2.98. The zero-order valence-corrected chi connectivity index (χ0v) is 14.9. The van der Waals surface area contributed by atoms with Crippen LogP contribution in [0.25, 0.3) is 22.3 Å². The Balaban J connectivity index is 1.77. The molecule has 0 spiro atoms. The van der Waals surface area contributed by atoms with E-state index in [9.17, 15) is 9.90 Å². The molecular weight excluding hydrogens is 340 g/mol. The number of fused-ring (bicyclic) bond motifs is 1. The predicted octanol–water partition coefficient (Wildman–Crippen LogP) is 2.81. The van der Waals surface area contributed by atoms with Gasteiger partial charge in [-0.1, -0.05) is 24.6 Å². The van der Waals surface area contributed by atoms with Crippen LogP contribution in [-0.4, -0.2) is 44.2 Å². The Bertz CT molecular complexity index is 1110. The number of phenolic OH excluding ortho intramolecular Hbond substituents is 1. The first-order valence-corrected chi connectivity index (χ1v) is 8.64. The second-order valence-electron chi connectivity index (χ2n) is 6.44. The summed E-state index contributed by atoms with van der Waals surface area (Å²) < 4.78 is 0. The molecule has 134 valence electrons. The van der Waals surface area contributed by atoms with Gasteiger partial charge in [0, 0.05) is 35.7 Å². The summed E-state index contributed by atoms with van der Waals surface area (Å²) in [6, 6.07) is 8.92. The average molecular weight is 358 g/mol. The summed E-state index contributed by atoms with van der Waals surface area (Å²) in [6.07, 6.45) is 1.33. The third-order valence-electron chi connectivity index (χ3n) is 4.79.